The Balaban J connectivity index is 1.64. The van der Waals surface area contributed by atoms with E-state index < -0.39 is 10.0 Å². The van der Waals surface area contributed by atoms with Crippen LogP contribution in [-0.4, -0.2) is 39.2 Å². The first-order chi connectivity index (χ1) is 19.7. The molecular weight excluding hydrogens is 534 g/mol. The van der Waals surface area contributed by atoms with Crippen molar-refractivity contribution in [2.75, 3.05) is 24.7 Å². The number of nitrogens with zero attached hydrogens (tertiary/aromatic N) is 2. The zero-order chi connectivity index (χ0) is 28.9. The van der Waals surface area contributed by atoms with Gasteiger partial charge in [0, 0.05) is 48.6 Å². The summed E-state index contributed by atoms with van der Waals surface area (Å²) in [5, 5.41) is 4.38. The van der Waals surface area contributed by atoms with Gasteiger partial charge in [-0.15, -0.1) is 0 Å². The maximum atomic E-state index is 13.2. The second-order valence-corrected chi connectivity index (χ2v) is 12.2. The van der Waals surface area contributed by atoms with E-state index in [1.54, 1.807) is 13.1 Å². The monoisotopic (exact) mass is 563 g/mol. The van der Waals surface area contributed by atoms with Gasteiger partial charge in [0.2, 0.25) is 10.0 Å². The fraction of sp³-hybridized carbons (Fsp3) is 0.121. The number of hydrogen-bond donors (Lipinski definition) is 1. The third kappa shape index (κ3) is 4.66. The molecule has 0 spiro atoms. The highest BCUT2D eigenvalue weighted by atomic mass is 32.2. The number of para-hydroxylation sites is 1. The van der Waals surface area contributed by atoms with Gasteiger partial charge >= 0.3 is 0 Å². The standard InChI is InChI=1S/C33H29N3O4S/c1-21-10-12-23(13-11-21)32-31(33(37)34-2)27-19-26(29(20-30(27)40-32)35(3)41(4,38)39)24-15-14-22-16-17-36(28(22)18-24)25-8-6-5-7-9-25/h5-20H,1-4H3,(H,34,37). The fourth-order valence-corrected chi connectivity index (χ4v) is 5.68. The molecule has 2 aromatic heterocycles. The van der Waals surface area contributed by atoms with Crippen LogP contribution in [0.4, 0.5) is 5.69 Å². The van der Waals surface area contributed by atoms with Gasteiger partial charge in [-0.1, -0.05) is 60.2 Å². The number of aromatic nitrogens is 1. The first kappa shape index (κ1) is 26.4. The SMILES string of the molecule is CNC(=O)c1c(-c2ccc(C)cc2)oc2cc(N(C)S(C)(=O)=O)c(-c3ccc4ccn(-c5ccccc5)c4c3)cc12. The van der Waals surface area contributed by atoms with E-state index in [0.717, 1.165) is 33.3 Å². The summed E-state index contributed by atoms with van der Waals surface area (Å²) < 4.78 is 35.2. The van der Waals surface area contributed by atoms with Crippen LogP contribution in [0.15, 0.2) is 102 Å². The Morgan fingerprint density at radius 1 is 0.902 bits per heavy atom. The highest BCUT2D eigenvalue weighted by molar-refractivity contribution is 7.92. The highest BCUT2D eigenvalue weighted by Crippen LogP contribution is 2.42. The molecule has 0 radical (unpaired) electrons. The van der Waals surface area contributed by atoms with Crippen molar-refractivity contribution < 1.29 is 17.6 Å². The summed E-state index contributed by atoms with van der Waals surface area (Å²) in [5.74, 6) is 0.140. The van der Waals surface area contributed by atoms with Crippen LogP contribution in [0.1, 0.15) is 15.9 Å². The van der Waals surface area contributed by atoms with E-state index in [2.05, 4.69) is 9.88 Å². The van der Waals surface area contributed by atoms with Crippen molar-refractivity contribution in [1.29, 1.82) is 0 Å². The number of carbonyl (C=O) groups excluding carboxylic acids is 1. The van der Waals surface area contributed by atoms with Gasteiger partial charge < -0.3 is 14.3 Å². The first-order valence-electron chi connectivity index (χ1n) is 13.2. The molecule has 0 fully saturated rings. The molecule has 8 heteroatoms. The predicted molar refractivity (Wildman–Crippen MR) is 165 cm³/mol. The van der Waals surface area contributed by atoms with Gasteiger partial charge in [-0.05, 0) is 48.2 Å². The van der Waals surface area contributed by atoms with Crippen LogP contribution in [0.25, 0.3) is 50.0 Å². The number of hydrogen-bond acceptors (Lipinski definition) is 4. The molecule has 206 valence electrons. The number of nitrogens with one attached hydrogen (secondary N) is 1. The number of aryl methyl sites for hydroxylation is 1. The molecular formula is C33H29N3O4S. The lowest BCUT2D eigenvalue weighted by Gasteiger charge is -2.21. The zero-order valence-electron chi connectivity index (χ0n) is 23.2. The maximum Gasteiger partial charge on any atom is 0.255 e. The molecule has 0 bridgehead atoms. The Morgan fingerprint density at radius 2 is 1.61 bits per heavy atom. The largest absolute Gasteiger partial charge is 0.455 e. The van der Waals surface area contributed by atoms with Crippen molar-refractivity contribution in [3.05, 3.63) is 108 Å². The number of amides is 1. The van der Waals surface area contributed by atoms with Gasteiger partial charge in [-0.25, -0.2) is 8.42 Å². The average Bonchev–Trinajstić information content (AvgIpc) is 3.57. The average molecular weight is 564 g/mol. The lowest BCUT2D eigenvalue weighted by atomic mass is 9.97. The predicted octanol–water partition coefficient (Wildman–Crippen LogP) is 6.77. The summed E-state index contributed by atoms with van der Waals surface area (Å²) in [7, 11) is -0.508. The van der Waals surface area contributed by atoms with Crippen LogP contribution in [0.3, 0.4) is 0 Å². The number of rotatable bonds is 6. The van der Waals surface area contributed by atoms with E-state index in [0.29, 0.717) is 33.5 Å². The van der Waals surface area contributed by atoms with E-state index in [9.17, 15) is 13.2 Å². The van der Waals surface area contributed by atoms with Crippen molar-refractivity contribution in [2.45, 2.75) is 6.92 Å². The third-order valence-electron chi connectivity index (χ3n) is 7.45. The Morgan fingerprint density at radius 3 is 2.29 bits per heavy atom. The molecule has 0 aliphatic heterocycles. The van der Waals surface area contributed by atoms with Gasteiger partial charge in [-0.3, -0.25) is 9.10 Å². The number of carbonyl (C=O) groups is 1. The number of benzene rings is 4. The number of anilines is 1. The van der Waals surface area contributed by atoms with Crippen molar-refractivity contribution in [1.82, 2.24) is 9.88 Å². The second-order valence-electron chi connectivity index (χ2n) is 10.1. The van der Waals surface area contributed by atoms with E-state index in [1.165, 1.54) is 17.6 Å². The van der Waals surface area contributed by atoms with E-state index in [-0.39, 0.29) is 5.91 Å². The molecule has 0 saturated heterocycles. The molecule has 0 saturated carbocycles. The van der Waals surface area contributed by atoms with Crippen LogP contribution < -0.4 is 9.62 Å². The Kier molecular flexibility index (Phi) is 6.43. The van der Waals surface area contributed by atoms with Crippen molar-refractivity contribution in [3.8, 4) is 28.1 Å². The van der Waals surface area contributed by atoms with Gasteiger partial charge in [0.15, 0.2) is 0 Å². The summed E-state index contributed by atoms with van der Waals surface area (Å²) in [4.78, 5) is 13.2. The molecule has 6 rings (SSSR count). The minimum absolute atomic E-state index is 0.289. The van der Waals surface area contributed by atoms with Crippen molar-refractivity contribution in [3.63, 3.8) is 0 Å². The van der Waals surface area contributed by atoms with Crippen LogP contribution in [-0.2, 0) is 10.0 Å². The zero-order valence-corrected chi connectivity index (χ0v) is 24.0. The van der Waals surface area contributed by atoms with Gasteiger partial charge in [-0.2, -0.15) is 0 Å². The lowest BCUT2D eigenvalue weighted by molar-refractivity contribution is 0.0964. The van der Waals surface area contributed by atoms with Gasteiger partial charge in [0.25, 0.3) is 5.91 Å². The minimum atomic E-state index is -3.61. The van der Waals surface area contributed by atoms with Crippen molar-refractivity contribution >= 4 is 43.5 Å². The molecule has 7 nitrogen and oxygen atoms in total. The van der Waals surface area contributed by atoms with E-state index in [4.69, 9.17) is 4.42 Å². The van der Waals surface area contributed by atoms with Crippen LogP contribution >= 0.6 is 0 Å². The molecule has 2 heterocycles. The summed E-state index contributed by atoms with van der Waals surface area (Å²) in [6.07, 6.45) is 3.19. The second kappa shape index (κ2) is 9.98. The molecule has 6 aromatic rings. The number of fused-ring (bicyclic) bond motifs is 2. The molecule has 0 unspecified atom stereocenters. The van der Waals surface area contributed by atoms with E-state index >= 15 is 0 Å². The quantitative estimate of drug-likeness (QED) is 0.242. The smallest absolute Gasteiger partial charge is 0.255 e. The molecule has 4 aromatic carbocycles. The van der Waals surface area contributed by atoms with Crippen molar-refractivity contribution in [2.24, 2.45) is 0 Å². The third-order valence-corrected chi connectivity index (χ3v) is 8.64. The topological polar surface area (TPSA) is 84.6 Å². The maximum absolute atomic E-state index is 13.2. The molecule has 41 heavy (non-hydrogen) atoms. The van der Waals surface area contributed by atoms with Crippen LogP contribution in [0.5, 0.6) is 0 Å². The van der Waals surface area contributed by atoms with Crippen LogP contribution in [0, 0.1) is 6.92 Å². The molecule has 0 aliphatic carbocycles. The van der Waals surface area contributed by atoms with Crippen LogP contribution in [0.2, 0.25) is 0 Å². The van der Waals surface area contributed by atoms with Gasteiger partial charge in [0.1, 0.15) is 11.3 Å². The lowest BCUT2D eigenvalue weighted by Crippen LogP contribution is -2.25. The Bertz CT molecular complexity index is 2040. The summed E-state index contributed by atoms with van der Waals surface area (Å²) in [5.41, 5.74) is 6.57. The minimum Gasteiger partial charge on any atom is -0.455 e. The molecule has 0 aliphatic rings. The number of sulfonamides is 1. The summed E-state index contributed by atoms with van der Waals surface area (Å²) in [6.45, 7) is 1.99. The Hall–Kier alpha value is -4.82. The molecule has 0 atom stereocenters. The molecule has 1 amide bonds. The fourth-order valence-electron chi connectivity index (χ4n) is 5.17. The number of furan rings is 1. The first-order valence-corrected chi connectivity index (χ1v) is 15.0. The summed E-state index contributed by atoms with van der Waals surface area (Å²) >= 11 is 0. The normalized spacial score (nSPS) is 11.7. The van der Waals surface area contributed by atoms with Gasteiger partial charge in [0.05, 0.1) is 23.0 Å². The highest BCUT2D eigenvalue weighted by Gasteiger charge is 2.26. The van der Waals surface area contributed by atoms with E-state index in [1.807, 2.05) is 98.0 Å². The summed E-state index contributed by atoms with van der Waals surface area (Å²) in [6, 6.07) is 29.4. The Labute approximate surface area is 238 Å². The molecule has 1 N–H and O–H groups in total.